The summed E-state index contributed by atoms with van der Waals surface area (Å²) in [5, 5.41) is 0. The van der Waals surface area contributed by atoms with Crippen molar-refractivity contribution >= 4 is 7.69 Å². The van der Waals surface area contributed by atoms with Crippen molar-refractivity contribution in [1.29, 1.82) is 0 Å². The van der Waals surface area contributed by atoms with Crippen molar-refractivity contribution in [3.8, 4) is 23.3 Å². The predicted octanol–water partition coefficient (Wildman–Crippen LogP) is 2.78. The summed E-state index contributed by atoms with van der Waals surface area (Å²) >= 11 is 0. The number of hydrogen-bond acceptors (Lipinski definition) is 6. The van der Waals surface area contributed by atoms with Crippen LogP contribution in [0.2, 0.25) is 0 Å². The summed E-state index contributed by atoms with van der Waals surface area (Å²) in [5.41, 5.74) is 0. The summed E-state index contributed by atoms with van der Waals surface area (Å²) in [5.74, 6) is 3.96. The molecule has 0 atom stereocenters. The van der Waals surface area contributed by atoms with E-state index in [1.54, 1.807) is 12.4 Å². The van der Waals surface area contributed by atoms with E-state index in [9.17, 15) is 0 Å². The number of hydrogen-bond donors (Lipinski definition) is 0. The van der Waals surface area contributed by atoms with E-state index >= 15 is 0 Å². The summed E-state index contributed by atoms with van der Waals surface area (Å²) in [6.07, 6.45) is 8.33. The van der Waals surface area contributed by atoms with Gasteiger partial charge in [-0.3, -0.25) is 0 Å². The molecule has 0 bridgehead atoms. The third-order valence-electron chi connectivity index (χ3n) is 4.20. The fourth-order valence-corrected chi connectivity index (χ4v) is 2.22. The maximum atomic E-state index is 5.59. The highest BCUT2D eigenvalue weighted by molar-refractivity contribution is 6.20. The van der Waals surface area contributed by atoms with E-state index in [-0.39, 0.29) is 7.69 Å². The van der Waals surface area contributed by atoms with Gasteiger partial charge in [0.25, 0.3) is 0 Å². The lowest BCUT2D eigenvalue weighted by atomic mass is 10.3. The molecule has 2 saturated carbocycles. The monoisotopic (exact) mass is 340 g/mol. The Morgan fingerprint density at radius 1 is 0.760 bits per heavy atom. The molecular weight excluding hydrogens is 319 g/mol. The normalized spacial score (nSPS) is 16.2. The largest absolute Gasteiger partial charge is 0.576 e. The SMILES string of the molecule is B(Oc1ccc(OCC2CC2)nc1)Oc1ccc(OCC2CC2)nc1. The molecule has 6 nitrogen and oxygen atoms in total. The second-order valence-electron chi connectivity index (χ2n) is 6.58. The Labute approximate surface area is 147 Å². The molecule has 2 aliphatic rings. The highest BCUT2D eigenvalue weighted by Crippen LogP contribution is 2.30. The number of rotatable bonds is 10. The van der Waals surface area contributed by atoms with Crippen LogP contribution >= 0.6 is 0 Å². The van der Waals surface area contributed by atoms with Crippen molar-refractivity contribution in [2.24, 2.45) is 11.8 Å². The zero-order valence-electron chi connectivity index (χ0n) is 14.1. The van der Waals surface area contributed by atoms with E-state index < -0.39 is 0 Å². The molecule has 0 saturated heterocycles. The Morgan fingerprint density at radius 2 is 1.24 bits per heavy atom. The van der Waals surface area contributed by atoms with Gasteiger partial charge in [0.05, 0.1) is 25.6 Å². The van der Waals surface area contributed by atoms with Crippen molar-refractivity contribution in [2.75, 3.05) is 13.2 Å². The molecule has 0 spiro atoms. The minimum atomic E-state index is 0.0912. The van der Waals surface area contributed by atoms with Crippen LogP contribution < -0.4 is 18.8 Å². The molecule has 0 unspecified atom stereocenters. The van der Waals surface area contributed by atoms with E-state index in [0.29, 0.717) is 35.1 Å². The third-order valence-corrected chi connectivity index (χ3v) is 4.20. The van der Waals surface area contributed by atoms with Crippen molar-refractivity contribution < 1.29 is 18.8 Å². The minimum absolute atomic E-state index is 0.0912. The first-order valence-corrected chi connectivity index (χ1v) is 8.78. The van der Waals surface area contributed by atoms with Gasteiger partial charge >= 0.3 is 7.69 Å². The van der Waals surface area contributed by atoms with Crippen LogP contribution in [0, 0.1) is 11.8 Å². The molecule has 130 valence electrons. The first-order chi connectivity index (χ1) is 12.3. The fraction of sp³-hybridized carbons (Fsp3) is 0.444. The Balaban J connectivity index is 1.17. The van der Waals surface area contributed by atoms with Gasteiger partial charge in [-0.15, -0.1) is 0 Å². The highest BCUT2D eigenvalue weighted by Gasteiger charge is 2.22. The molecule has 7 heteroatoms. The summed E-state index contributed by atoms with van der Waals surface area (Å²) in [6, 6.07) is 7.27. The van der Waals surface area contributed by atoms with Gasteiger partial charge < -0.3 is 18.8 Å². The summed E-state index contributed by atoms with van der Waals surface area (Å²) in [4.78, 5) is 8.45. The second kappa shape index (κ2) is 7.63. The number of pyridine rings is 2. The first kappa shape index (κ1) is 16.1. The molecule has 25 heavy (non-hydrogen) atoms. The number of aromatic nitrogens is 2. The van der Waals surface area contributed by atoms with Crippen LogP contribution in [-0.4, -0.2) is 30.9 Å². The van der Waals surface area contributed by atoms with Gasteiger partial charge in [-0.2, -0.15) is 0 Å². The van der Waals surface area contributed by atoms with E-state index in [1.807, 2.05) is 24.3 Å². The molecule has 0 N–H and O–H groups in total. The van der Waals surface area contributed by atoms with Crippen LogP contribution in [0.15, 0.2) is 36.7 Å². The molecule has 2 aromatic rings. The van der Waals surface area contributed by atoms with Gasteiger partial charge in [-0.05, 0) is 49.7 Å². The lowest BCUT2D eigenvalue weighted by Gasteiger charge is -2.09. The van der Waals surface area contributed by atoms with Crippen LogP contribution in [0.5, 0.6) is 23.3 Å². The zero-order chi connectivity index (χ0) is 16.9. The van der Waals surface area contributed by atoms with Crippen molar-refractivity contribution in [3.05, 3.63) is 36.7 Å². The Bertz CT molecular complexity index is 613. The molecule has 2 aliphatic carbocycles. The van der Waals surface area contributed by atoms with Crippen LogP contribution in [0.4, 0.5) is 0 Å². The molecule has 4 rings (SSSR count). The van der Waals surface area contributed by atoms with Gasteiger partial charge in [0.15, 0.2) is 0 Å². The Kier molecular flexibility index (Phi) is 4.90. The molecule has 0 aliphatic heterocycles. The number of nitrogens with zero attached hydrogens (tertiary/aromatic N) is 2. The molecule has 2 fully saturated rings. The molecule has 2 heterocycles. The maximum Gasteiger partial charge on any atom is 0.576 e. The summed E-state index contributed by atoms with van der Waals surface area (Å²) in [7, 11) is 0.0912. The van der Waals surface area contributed by atoms with Gasteiger partial charge in [0.1, 0.15) is 11.5 Å². The highest BCUT2D eigenvalue weighted by atomic mass is 16.6. The fourth-order valence-electron chi connectivity index (χ4n) is 2.22. The Hall–Kier alpha value is -2.44. The Morgan fingerprint density at radius 3 is 1.60 bits per heavy atom. The van der Waals surface area contributed by atoms with Crippen LogP contribution in [0.1, 0.15) is 25.7 Å². The van der Waals surface area contributed by atoms with Gasteiger partial charge in [0, 0.05) is 12.1 Å². The molecule has 0 radical (unpaired) electrons. The van der Waals surface area contributed by atoms with E-state index in [2.05, 4.69) is 9.97 Å². The second-order valence-corrected chi connectivity index (χ2v) is 6.58. The molecule has 0 aromatic carbocycles. The zero-order valence-corrected chi connectivity index (χ0v) is 14.1. The van der Waals surface area contributed by atoms with Gasteiger partial charge in [0.2, 0.25) is 11.8 Å². The summed E-state index contributed by atoms with van der Waals surface area (Å²) in [6.45, 7) is 1.51. The smallest absolute Gasteiger partial charge is 0.527 e. The summed E-state index contributed by atoms with van der Waals surface area (Å²) < 4.78 is 22.2. The molecule has 2 aromatic heterocycles. The van der Waals surface area contributed by atoms with Gasteiger partial charge in [-0.25, -0.2) is 9.97 Å². The van der Waals surface area contributed by atoms with Crippen molar-refractivity contribution in [3.63, 3.8) is 0 Å². The van der Waals surface area contributed by atoms with Crippen molar-refractivity contribution in [1.82, 2.24) is 9.97 Å². The van der Waals surface area contributed by atoms with Crippen LogP contribution in [-0.2, 0) is 0 Å². The lowest BCUT2D eigenvalue weighted by Crippen LogP contribution is -2.11. The van der Waals surface area contributed by atoms with Crippen molar-refractivity contribution in [2.45, 2.75) is 25.7 Å². The minimum Gasteiger partial charge on any atom is -0.527 e. The maximum absolute atomic E-state index is 5.59. The van der Waals surface area contributed by atoms with E-state index in [0.717, 1.165) is 13.2 Å². The lowest BCUT2D eigenvalue weighted by molar-refractivity contribution is 0.287. The van der Waals surface area contributed by atoms with E-state index in [1.165, 1.54) is 25.7 Å². The number of ether oxygens (including phenoxy) is 2. The predicted molar refractivity (Wildman–Crippen MR) is 93.3 cm³/mol. The topological polar surface area (TPSA) is 62.7 Å². The van der Waals surface area contributed by atoms with Crippen LogP contribution in [0.3, 0.4) is 0 Å². The average molecular weight is 340 g/mol. The third kappa shape index (κ3) is 5.27. The average Bonchev–Trinajstić information content (AvgIpc) is 3.55. The molecular formula is C18H21BN2O4. The van der Waals surface area contributed by atoms with Gasteiger partial charge in [-0.1, -0.05) is 0 Å². The first-order valence-electron chi connectivity index (χ1n) is 8.78. The van der Waals surface area contributed by atoms with Crippen LogP contribution in [0.25, 0.3) is 0 Å². The standard InChI is InChI=1S/C18H21BN2O4/c1-2-13(1)11-22-17-7-5-15(9-20-17)24-19-25-16-6-8-18(21-10-16)23-12-14-3-4-14/h5-10,13-14,19H,1-4,11-12H2. The van der Waals surface area contributed by atoms with E-state index in [4.69, 9.17) is 18.8 Å². The quantitative estimate of drug-likeness (QED) is 0.620. The molecule has 0 amide bonds.